The number of nitriles is 1. The third-order valence-electron chi connectivity index (χ3n) is 9.38. The van der Waals surface area contributed by atoms with Crippen LogP contribution in [0.15, 0.2) is 152 Å². The normalized spacial score (nSPS) is 11.5. The van der Waals surface area contributed by atoms with Gasteiger partial charge in [0.25, 0.3) is 0 Å². The molecule has 0 bridgehead atoms. The summed E-state index contributed by atoms with van der Waals surface area (Å²) < 4.78 is 4.80. The molecule has 0 N–H and O–H groups in total. The molecular weight excluding hydrogens is 679 g/mol. The predicted octanol–water partition coefficient (Wildman–Crippen LogP) is 13.5. The van der Waals surface area contributed by atoms with E-state index in [1.807, 2.05) is 24.3 Å². The van der Waals surface area contributed by atoms with E-state index >= 15 is 0 Å². The van der Waals surface area contributed by atoms with E-state index in [2.05, 4.69) is 133 Å². The fourth-order valence-corrected chi connectivity index (χ4v) is 9.76. The Balaban J connectivity index is 1.08. The third kappa shape index (κ3) is 5.40. The average Bonchev–Trinajstić information content (AvgIpc) is 3.93. The molecule has 0 spiro atoms. The molecule has 0 aliphatic carbocycles. The molecule has 0 radical (unpaired) electrons. The number of thiophene rings is 1. The highest BCUT2D eigenvalue weighted by molar-refractivity contribution is 7.25. The molecule has 10 aromatic rings. The van der Waals surface area contributed by atoms with Crippen molar-refractivity contribution in [3.05, 3.63) is 157 Å². The summed E-state index contributed by atoms with van der Waals surface area (Å²) in [5.74, 6) is 0. The van der Waals surface area contributed by atoms with Gasteiger partial charge >= 0.3 is 0 Å². The van der Waals surface area contributed by atoms with E-state index < -0.39 is 0 Å². The van der Waals surface area contributed by atoms with Gasteiger partial charge in [0.15, 0.2) is 0 Å². The summed E-state index contributed by atoms with van der Waals surface area (Å²) in [6.07, 6.45) is 0. The van der Waals surface area contributed by atoms with E-state index in [0.29, 0.717) is 5.56 Å². The van der Waals surface area contributed by atoms with Crippen molar-refractivity contribution in [3.63, 3.8) is 0 Å². The zero-order valence-electron chi connectivity index (χ0n) is 27.0. The van der Waals surface area contributed by atoms with Crippen LogP contribution >= 0.6 is 34.0 Å². The summed E-state index contributed by atoms with van der Waals surface area (Å²) in [4.78, 5) is 9.77. The highest BCUT2D eigenvalue weighted by atomic mass is 32.1. The summed E-state index contributed by atoms with van der Waals surface area (Å²) in [6.45, 7) is 0. The lowest BCUT2D eigenvalue weighted by Gasteiger charge is -2.12. The first-order chi connectivity index (χ1) is 25.1. The highest BCUT2D eigenvalue weighted by Gasteiger charge is 2.13. The maximum atomic E-state index is 9.59. The number of fused-ring (bicyclic) bond motifs is 5. The molecule has 0 atom stereocenters. The van der Waals surface area contributed by atoms with Crippen molar-refractivity contribution in [2.45, 2.75) is 0 Å². The van der Waals surface area contributed by atoms with Gasteiger partial charge in [-0.15, -0.1) is 34.0 Å². The maximum Gasteiger partial charge on any atom is 0.124 e. The number of hydrogen-bond donors (Lipinski definition) is 0. The van der Waals surface area contributed by atoms with Gasteiger partial charge in [0.05, 0.1) is 32.1 Å². The van der Waals surface area contributed by atoms with E-state index in [4.69, 9.17) is 9.97 Å². The van der Waals surface area contributed by atoms with Gasteiger partial charge in [-0.25, -0.2) is 9.97 Å². The molecule has 3 aromatic heterocycles. The van der Waals surface area contributed by atoms with Gasteiger partial charge in [-0.3, -0.25) is 0 Å². The second kappa shape index (κ2) is 12.1. The van der Waals surface area contributed by atoms with Crippen LogP contribution in [0.25, 0.3) is 95.1 Å². The Hall–Kier alpha value is -5.97. The Morgan fingerprint density at radius 2 is 0.824 bits per heavy atom. The topological polar surface area (TPSA) is 49.6 Å². The first-order valence-corrected chi connectivity index (χ1v) is 19.0. The molecule has 3 heterocycles. The van der Waals surface area contributed by atoms with E-state index in [-0.39, 0.29) is 0 Å². The summed E-state index contributed by atoms with van der Waals surface area (Å²) in [7, 11) is 0. The number of benzene rings is 7. The van der Waals surface area contributed by atoms with Gasteiger partial charge in [-0.2, -0.15) is 5.26 Å². The number of para-hydroxylation sites is 2. The Labute approximate surface area is 306 Å². The van der Waals surface area contributed by atoms with Gasteiger partial charge in [0, 0.05) is 31.3 Å². The molecule has 238 valence electrons. The SMILES string of the molecule is N#Cc1ccc2sc3ccc(-c4cc(-c5ccc(-c6nc7ccccc7s6)cc5)cc(-c5ccc(-c6nc7ccccc7s6)cc5)c4)cc3c2c1. The summed E-state index contributed by atoms with van der Waals surface area (Å²) in [6, 6.07) is 56.0. The molecule has 51 heavy (non-hydrogen) atoms. The van der Waals surface area contributed by atoms with Crippen LogP contribution < -0.4 is 0 Å². The highest BCUT2D eigenvalue weighted by Crippen LogP contribution is 2.40. The number of nitrogens with zero attached hydrogens (tertiary/aromatic N) is 3. The predicted molar refractivity (Wildman–Crippen MR) is 218 cm³/mol. The van der Waals surface area contributed by atoms with Crippen molar-refractivity contribution < 1.29 is 0 Å². The number of hydrogen-bond acceptors (Lipinski definition) is 6. The van der Waals surface area contributed by atoms with Crippen molar-refractivity contribution in [1.82, 2.24) is 9.97 Å². The molecule has 7 aromatic carbocycles. The minimum Gasteiger partial charge on any atom is -0.236 e. The maximum absolute atomic E-state index is 9.59. The summed E-state index contributed by atoms with van der Waals surface area (Å²) in [5.41, 5.74) is 11.9. The van der Waals surface area contributed by atoms with Crippen LogP contribution in [-0.4, -0.2) is 9.97 Å². The second-order valence-electron chi connectivity index (χ2n) is 12.6. The zero-order chi connectivity index (χ0) is 33.9. The van der Waals surface area contributed by atoms with Crippen molar-refractivity contribution in [1.29, 1.82) is 5.26 Å². The van der Waals surface area contributed by atoms with Crippen LogP contribution in [-0.2, 0) is 0 Å². The molecule has 6 heteroatoms. The Morgan fingerprint density at radius 1 is 0.373 bits per heavy atom. The Morgan fingerprint density at radius 3 is 1.35 bits per heavy atom. The number of thiazole rings is 2. The summed E-state index contributed by atoms with van der Waals surface area (Å²) in [5, 5.41) is 14.0. The lowest BCUT2D eigenvalue weighted by Crippen LogP contribution is -1.87. The fraction of sp³-hybridized carbons (Fsp3) is 0. The molecule has 0 aliphatic rings. The van der Waals surface area contributed by atoms with E-state index in [1.165, 1.54) is 24.2 Å². The zero-order valence-corrected chi connectivity index (χ0v) is 29.4. The number of rotatable bonds is 5. The fourth-order valence-electron chi connectivity index (χ4n) is 6.76. The first kappa shape index (κ1) is 29.9. The van der Waals surface area contributed by atoms with Gasteiger partial charge in [0.2, 0.25) is 0 Å². The molecule has 0 fully saturated rings. The minimum absolute atomic E-state index is 0.681. The van der Waals surface area contributed by atoms with Crippen LogP contribution in [0.2, 0.25) is 0 Å². The van der Waals surface area contributed by atoms with Crippen molar-refractivity contribution >= 4 is 74.6 Å². The van der Waals surface area contributed by atoms with Gasteiger partial charge < -0.3 is 0 Å². The molecule has 3 nitrogen and oxygen atoms in total. The van der Waals surface area contributed by atoms with Crippen LogP contribution in [0, 0.1) is 11.3 Å². The van der Waals surface area contributed by atoms with Crippen LogP contribution in [0.5, 0.6) is 0 Å². The molecule has 0 saturated heterocycles. The average molecular weight is 704 g/mol. The van der Waals surface area contributed by atoms with Gasteiger partial charge in [-0.1, -0.05) is 78.9 Å². The largest absolute Gasteiger partial charge is 0.236 e. The van der Waals surface area contributed by atoms with E-state index in [9.17, 15) is 5.26 Å². The summed E-state index contributed by atoms with van der Waals surface area (Å²) >= 11 is 5.22. The van der Waals surface area contributed by atoms with Gasteiger partial charge in [-0.05, 0) is 106 Å². The first-order valence-electron chi connectivity index (χ1n) is 16.6. The smallest absolute Gasteiger partial charge is 0.124 e. The molecule has 0 saturated carbocycles. The standard InChI is InChI=1S/C45H25N3S3/c46-26-27-9-19-40-36(21-27)37-25-32(18-20-41(37)49-40)35-23-33(28-10-14-30(15-11-28)44-47-38-5-1-3-7-42(38)50-44)22-34(24-35)29-12-16-31(17-13-29)45-48-39-6-2-4-8-43(39)51-45/h1-25H. The van der Waals surface area contributed by atoms with Crippen molar-refractivity contribution in [2.24, 2.45) is 0 Å². The lowest BCUT2D eigenvalue weighted by atomic mass is 9.92. The minimum atomic E-state index is 0.681. The quantitative estimate of drug-likeness (QED) is 0.179. The van der Waals surface area contributed by atoms with E-state index in [1.54, 1.807) is 34.0 Å². The second-order valence-corrected chi connectivity index (χ2v) is 15.7. The molecule has 10 rings (SSSR count). The van der Waals surface area contributed by atoms with E-state index in [0.717, 1.165) is 70.9 Å². The van der Waals surface area contributed by atoms with Crippen LogP contribution in [0.3, 0.4) is 0 Å². The monoisotopic (exact) mass is 703 g/mol. The molecule has 0 amide bonds. The third-order valence-corrected chi connectivity index (χ3v) is 12.7. The number of aromatic nitrogens is 2. The van der Waals surface area contributed by atoms with Crippen molar-refractivity contribution in [2.75, 3.05) is 0 Å². The van der Waals surface area contributed by atoms with Crippen LogP contribution in [0.4, 0.5) is 0 Å². The molecule has 0 unspecified atom stereocenters. The van der Waals surface area contributed by atoms with Crippen molar-refractivity contribution in [3.8, 4) is 60.6 Å². The lowest BCUT2D eigenvalue weighted by molar-refractivity contribution is 1.47. The Kier molecular flexibility index (Phi) is 7.10. The molecular formula is C45H25N3S3. The molecule has 0 aliphatic heterocycles. The van der Waals surface area contributed by atoms with Gasteiger partial charge in [0.1, 0.15) is 10.0 Å². The Bertz CT molecular complexity index is 2780. The van der Waals surface area contributed by atoms with Crippen LogP contribution in [0.1, 0.15) is 5.56 Å².